The monoisotopic (exact) mass is 264 g/mol. The molecule has 0 spiro atoms. The Balaban J connectivity index is 1.68. The molecule has 1 aliphatic heterocycles. The van der Waals surface area contributed by atoms with Crippen molar-refractivity contribution in [3.05, 3.63) is 17.5 Å². The number of nitrogens with zero attached hydrogens (tertiary/aromatic N) is 3. The van der Waals surface area contributed by atoms with Crippen molar-refractivity contribution >= 4 is 5.95 Å². The first kappa shape index (κ1) is 14.2. The Kier molecular flexibility index (Phi) is 5.10. The molecule has 2 heterocycles. The second-order valence-corrected chi connectivity index (χ2v) is 5.35. The number of piperidine rings is 1. The quantitative estimate of drug-likeness (QED) is 0.786. The fourth-order valence-electron chi connectivity index (χ4n) is 2.54. The minimum Gasteiger partial charge on any atom is -0.392 e. The molecular weight excluding hydrogens is 240 g/mol. The molecule has 1 aliphatic rings. The van der Waals surface area contributed by atoms with Gasteiger partial charge in [0.2, 0.25) is 5.95 Å². The van der Waals surface area contributed by atoms with Crippen molar-refractivity contribution < 1.29 is 5.11 Å². The van der Waals surface area contributed by atoms with Gasteiger partial charge in [0.25, 0.3) is 0 Å². The van der Waals surface area contributed by atoms with Crippen molar-refractivity contribution in [3.63, 3.8) is 0 Å². The van der Waals surface area contributed by atoms with E-state index in [1.54, 1.807) is 0 Å². The molecule has 2 rings (SSSR count). The van der Waals surface area contributed by atoms with Gasteiger partial charge in [-0.25, -0.2) is 9.97 Å². The van der Waals surface area contributed by atoms with Crippen LogP contribution in [0.5, 0.6) is 0 Å². The van der Waals surface area contributed by atoms with E-state index in [-0.39, 0.29) is 6.10 Å². The topological polar surface area (TPSA) is 61.3 Å². The van der Waals surface area contributed by atoms with E-state index in [2.05, 4.69) is 20.2 Å². The second kappa shape index (κ2) is 6.82. The van der Waals surface area contributed by atoms with Gasteiger partial charge < -0.3 is 15.3 Å². The van der Waals surface area contributed by atoms with Crippen molar-refractivity contribution in [1.29, 1.82) is 0 Å². The number of aliphatic hydroxyl groups is 1. The third-order valence-electron chi connectivity index (χ3n) is 3.40. The molecule has 0 bridgehead atoms. The van der Waals surface area contributed by atoms with Crippen molar-refractivity contribution in [2.45, 2.75) is 39.2 Å². The van der Waals surface area contributed by atoms with Gasteiger partial charge in [0.05, 0.1) is 6.10 Å². The van der Waals surface area contributed by atoms with Crippen LogP contribution >= 0.6 is 0 Å². The van der Waals surface area contributed by atoms with E-state index in [4.69, 9.17) is 0 Å². The number of β-amino-alcohol motifs (C(OH)–C–C–N with tert-alkyl or cyclic N) is 1. The standard InChI is InChI=1S/C14H24N4O/c1-11-9-12(2)17-14(16-11)15-6-4-8-18-7-3-5-13(19)10-18/h9,13,19H,3-8,10H2,1-2H3,(H,15,16,17)/t13-/m1/s1. The molecule has 0 aliphatic carbocycles. The average Bonchev–Trinajstić information content (AvgIpc) is 2.34. The maximum absolute atomic E-state index is 9.60. The lowest BCUT2D eigenvalue weighted by Crippen LogP contribution is -2.39. The largest absolute Gasteiger partial charge is 0.392 e. The zero-order chi connectivity index (χ0) is 13.7. The molecular formula is C14H24N4O. The van der Waals surface area contributed by atoms with E-state index in [0.717, 1.165) is 62.8 Å². The maximum Gasteiger partial charge on any atom is 0.223 e. The third kappa shape index (κ3) is 4.76. The van der Waals surface area contributed by atoms with E-state index >= 15 is 0 Å². The Morgan fingerprint density at radius 2 is 2.11 bits per heavy atom. The van der Waals surface area contributed by atoms with Gasteiger partial charge in [0, 0.05) is 24.5 Å². The first-order valence-electron chi connectivity index (χ1n) is 7.10. The number of nitrogens with one attached hydrogen (secondary N) is 1. The van der Waals surface area contributed by atoms with Gasteiger partial charge in [0.15, 0.2) is 0 Å². The first-order chi connectivity index (χ1) is 9.13. The Labute approximate surface area is 115 Å². The molecule has 19 heavy (non-hydrogen) atoms. The predicted molar refractivity (Wildman–Crippen MR) is 76.3 cm³/mol. The first-order valence-corrected chi connectivity index (χ1v) is 7.10. The lowest BCUT2D eigenvalue weighted by Gasteiger charge is -2.29. The van der Waals surface area contributed by atoms with Gasteiger partial charge in [-0.2, -0.15) is 0 Å². The molecule has 0 saturated carbocycles. The Bertz CT molecular complexity index is 390. The highest BCUT2D eigenvalue weighted by Crippen LogP contribution is 2.10. The predicted octanol–water partition coefficient (Wildman–Crippen LogP) is 1.35. The van der Waals surface area contributed by atoms with Crippen LogP contribution < -0.4 is 5.32 Å². The summed E-state index contributed by atoms with van der Waals surface area (Å²) in [6.07, 6.45) is 2.97. The fraction of sp³-hybridized carbons (Fsp3) is 0.714. The highest BCUT2D eigenvalue weighted by atomic mass is 16.3. The summed E-state index contributed by atoms with van der Waals surface area (Å²) in [5.74, 6) is 0.719. The molecule has 0 aromatic carbocycles. The number of hydrogen-bond acceptors (Lipinski definition) is 5. The molecule has 0 radical (unpaired) electrons. The van der Waals surface area contributed by atoms with Crippen molar-refractivity contribution in [2.24, 2.45) is 0 Å². The Hall–Kier alpha value is -1.20. The third-order valence-corrected chi connectivity index (χ3v) is 3.40. The number of hydrogen-bond donors (Lipinski definition) is 2. The zero-order valence-electron chi connectivity index (χ0n) is 11.9. The lowest BCUT2D eigenvalue weighted by atomic mass is 10.1. The number of rotatable bonds is 5. The SMILES string of the molecule is Cc1cc(C)nc(NCCCN2CCC[C@@H](O)C2)n1. The van der Waals surface area contributed by atoms with Crippen LogP contribution in [-0.2, 0) is 0 Å². The average molecular weight is 264 g/mol. The molecule has 1 aromatic rings. The van der Waals surface area contributed by atoms with Crippen LogP contribution in [-0.4, -0.2) is 52.3 Å². The van der Waals surface area contributed by atoms with Crippen molar-refractivity contribution in [2.75, 3.05) is 31.5 Å². The minimum atomic E-state index is -0.135. The van der Waals surface area contributed by atoms with E-state index in [1.165, 1.54) is 0 Å². The summed E-state index contributed by atoms with van der Waals surface area (Å²) in [4.78, 5) is 11.0. The lowest BCUT2D eigenvalue weighted by molar-refractivity contribution is 0.0706. The molecule has 106 valence electrons. The molecule has 1 fully saturated rings. The van der Waals surface area contributed by atoms with Crippen LogP contribution in [0.15, 0.2) is 6.07 Å². The van der Waals surface area contributed by atoms with Crippen LogP contribution in [0, 0.1) is 13.8 Å². The van der Waals surface area contributed by atoms with Crippen molar-refractivity contribution in [1.82, 2.24) is 14.9 Å². The van der Waals surface area contributed by atoms with Gasteiger partial charge in [-0.15, -0.1) is 0 Å². The summed E-state index contributed by atoms with van der Waals surface area (Å²) in [6, 6.07) is 1.97. The van der Waals surface area contributed by atoms with Gasteiger partial charge in [-0.3, -0.25) is 0 Å². The van der Waals surface area contributed by atoms with Crippen LogP contribution in [0.4, 0.5) is 5.95 Å². The normalized spacial score (nSPS) is 20.5. The molecule has 0 unspecified atom stereocenters. The number of likely N-dealkylation sites (tertiary alicyclic amines) is 1. The summed E-state index contributed by atoms with van der Waals surface area (Å²) in [5, 5.41) is 12.9. The van der Waals surface area contributed by atoms with Crippen LogP contribution in [0.3, 0.4) is 0 Å². The van der Waals surface area contributed by atoms with Crippen LogP contribution in [0.25, 0.3) is 0 Å². The highest BCUT2D eigenvalue weighted by Gasteiger charge is 2.16. The Morgan fingerprint density at radius 1 is 1.37 bits per heavy atom. The van der Waals surface area contributed by atoms with E-state index in [1.807, 2.05) is 19.9 Å². The van der Waals surface area contributed by atoms with Crippen molar-refractivity contribution in [3.8, 4) is 0 Å². The number of aromatic nitrogens is 2. The zero-order valence-corrected chi connectivity index (χ0v) is 11.9. The summed E-state index contributed by atoms with van der Waals surface area (Å²) in [5.41, 5.74) is 1.99. The minimum absolute atomic E-state index is 0.135. The molecule has 1 saturated heterocycles. The van der Waals surface area contributed by atoms with Crippen LogP contribution in [0.1, 0.15) is 30.7 Å². The van der Waals surface area contributed by atoms with Gasteiger partial charge in [-0.1, -0.05) is 0 Å². The summed E-state index contributed by atoms with van der Waals surface area (Å²) < 4.78 is 0. The smallest absolute Gasteiger partial charge is 0.223 e. The molecule has 5 nitrogen and oxygen atoms in total. The molecule has 1 atom stereocenters. The van der Waals surface area contributed by atoms with E-state index in [0.29, 0.717) is 0 Å². The highest BCUT2D eigenvalue weighted by molar-refractivity contribution is 5.27. The maximum atomic E-state index is 9.60. The molecule has 5 heteroatoms. The number of anilines is 1. The van der Waals surface area contributed by atoms with E-state index < -0.39 is 0 Å². The molecule has 2 N–H and O–H groups in total. The number of aryl methyl sites for hydroxylation is 2. The summed E-state index contributed by atoms with van der Waals surface area (Å²) in [7, 11) is 0. The summed E-state index contributed by atoms with van der Waals surface area (Å²) in [6.45, 7) is 7.78. The van der Waals surface area contributed by atoms with Gasteiger partial charge in [-0.05, 0) is 52.3 Å². The molecule has 0 amide bonds. The Morgan fingerprint density at radius 3 is 2.79 bits per heavy atom. The molecule has 1 aromatic heterocycles. The van der Waals surface area contributed by atoms with Gasteiger partial charge in [0.1, 0.15) is 0 Å². The number of aliphatic hydroxyl groups excluding tert-OH is 1. The van der Waals surface area contributed by atoms with Crippen LogP contribution in [0.2, 0.25) is 0 Å². The second-order valence-electron chi connectivity index (χ2n) is 5.35. The van der Waals surface area contributed by atoms with E-state index in [9.17, 15) is 5.11 Å². The van der Waals surface area contributed by atoms with Gasteiger partial charge >= 0.3 is 0 Å². The summed E-state index contributed by atoms with van der Waals surface area (Å²) >= 11 is 0. The fourth-order valence-corrected chi connectivity index (χ4v) is 2.54.